The van der Waals surface area contributed by atoms with Gasteiger partial charge in [0, 0.05) is 0 Å². The minimum absolute atomic E-state index is 0.248. The Kier molecular flexibility index (Phi) is 9.04. The van der Waals surface area contributed by atoms with Gasteiger partial charge >= 0.3 is 5.97 Å². The largest absolute Gasteiger partial charge is 0.488 e. The molecule has 0 aromatic heterocycles. The van der Waals surface area contributed by atoms with Crippen molar-refractivity contribution in [1.29, 1.82) is 0 Å². The van der Waals surface area contributed by atoms with Gasteiger partial charge < -0.3 is 19.5 Å². The predicted molar refractivity (Wildman–Crippen MR) is 157 cm³/mol. The number of benzene rings is 4. The molecule has 0 unspecified atom stereocenters. The van der Waals surface area contributed by atoms with Crippen molar-refractivity contribution >= 4 is 33.5 Å². The highest BCUT2D eigenvalue weighted by Gasteiger charge is 2.23. The average molecular weight is 588 g/mol. The number of esters is 1. The summed E-state index contributed by atoms with van der Waals surface area (Å²) in [4.78, 5) is 26.8. The van der Waals surface area contributed by atoms with E-state index in [0.717, 1.165) is 16.7 Å². The third-order valence-electron chi connectivity index (χ3n) is 5.65. The Balaban J connectivity index is 1.70. The zero-order valence-electron chi connectivity index (χ0n) is 22.1. The first kappa shape index (κ1) is 27.9. The summed E-state index contributed by atoms with van der Waals surface area (Å²) in [7, 11) is 0. The molecule has 0 aliphatic heterocycles. The van der Waals surface area contributed by atoms with Gasteiger partial charge in [0.15, 0.2) is 0 Å². The molecule has 0 saturated carbocycles. The fraction of sp³-hybridized carbons (Fsp3) is 0.188. The quantitative estimate of drug-likeness (QED) is 0.159. The maximum atomic E-state index is 13.7. The van der Waals surface area contributed by atoms with Gasteiger partial charge in [-0.3, -0.25) is 4.79 Å². The molecule has 0 atom stereocenters. The van der Waals surface area contributed by atoms with Crippen LogP contribution in [0.4, 0.5) is 5.69 Å². The monoisotopic (exact) mass is 587 g/mol. The van der Waals surface area contributed by atoms with Gasteiger partial charge in [0.1, 0.15) is 29.2 Å². The third-order valence-corrected chi connectivity index (χ3v) is 5.88. The number of carbonyl (C=O) groups excluding carboxylic acids is 2. The number of carbonyl (C=O) groups is 2. The molecule has 0 spiro atoms. The maximum absolute atomic E-state index is 13.7. The lowest BCUT2D eigenvalue weighted by Crippen LogP contribution is -2.25. The van der Waals surface area contributed by atoms with Crippen LogP contribution in [0, 0.1) is 0 Å². The van der Waals surface area contributed by atoms with E-state index in [4.69, 9.17) is 14.2 Å². The summed E-state index contributed by atoms with van der Waals surface area (Å²) in [5.74, 6) is -0.103. The number of alkyl halides is 1. The van der Waals surface area contributed by atoms with Gasteiger partial charge in [0.05, 0.1) is 16.8 Å². The van der Waals surface area contributed by atoms with Crippen LogP contribution in [0.2, 0.25) is 0 Å². The molecule has 0 radical (unpaired) electrons. The Hall–Kier alpha value is -4.10. The molecule has 4 rings (SSSR count). The molecule has 7 heteroatoms. The number of rotatable bonds is 9. The highest BCUT2D eigenvalue weighted by atomic mass is 79.9. The van der Waals surface area contributed by atoms with Crippen molar-refractivity contribution in [3.63, 3.8) is 0 Å². The van der Waals surface area contributed by atoms with Gasteiger partial charge in [-0.25, -0.2) is 4.79 Å². The number of nitrogens with one attached hydrogen (secondary N) is 1. The normalized spacial score (nSPS) is 11.0. The lowest BCUT2D eigenvalue weighted by Gasteiger charge is -2.21. The zero-order chi connectivity index (χ0) is 27.8. The number of hydrogen-bond donors (Lipinski definition) is 1. The standard InChI is InChI=1S/C32H30BrNO5/c1-32(2,3)39-31(36)26-16-14-24(23-12-8-5-9-13-23)18-28(26)34-30(35)27-19-25(38-21-33)15-17-29(27)37-20-22-10-6-4-7-11-22/h4-19H,20-21H2,1-3H3,(H,34,35). The van der Waals surface area contributed by atoms with Crippen LogP contribution in [0.3, 0.4) is 0 Å². The summed E-state index contributed by atoms with van der Waals surface area (Å²) < 4.78 is 17.2. The Labute approximate surface area is 237 Å². The summed E-state index contributed by atoms with van der Waals surface area (Å²) in [6.45, 7) is 5.68. The van der Waals surface area contributed by atoms with Crippen molar-refractivity contribution in [3.05, 3.63) is 114 Å². The van der Waals surface area contributed by atoms with Crippen LogP contribution in [-0.4, -0.2) is 23.0 Å². The first-order chi connectivity index (χ1) is 18.7. The molecule has 1 N–H and O–H groups in total. The molecule has 6 nitrogen and oxygen atoms in total. The number of hydrogen-bond acceptors (Lipinski definition) is 5. The summed E-state index contributed by atoms with van der Waals surface area (Å²) in [6, 6.07) is 29.7. The van der Waals surface area contributed by atoms with Gasteiger partial charge in [0.2, 0.25) is 0 Å². The molecule has 4 aromatic rings. The molecule has 0 fully saturated rings. The first-order valence-electron chi connectivity index (χ1n) is 12.5. The summed E-state index contributed by atoms with van der Waals surface area (Å²) in [5, 5.41) is 2.92. The Morgan fingerprint density at radius 1 is 0.769 bits per heavy atom. The number of amides is 1. The van der Waals surface area contributed by atoms with E-state index in [2.05, 4.69) is 21.2 Å². The van der Waals surface area contributed by atoms with Crippen LogP contribution >= 0.6 is 15.9 Å². The van der Waals surface area contributed by atoms with Crippen molar-refractivity contribution in [2.75, 3.05) is 10.8 Å². The van der Waals surface area contributed by atoms with E-state index in [1.165, 1.54) is 0 Å². The fourth-order valence-corrected chi connectivity index (χ4v) is 4.12. The van der Waals surface area contributed by atoms with Gasteiger partial charge in [-0.2, -0.15) is 0 Å². The molecule has 0 bridgehead atoms. The van der Waals surface area contributed by atoms with Gasteiger partial charge in [-0.15, -0.1) is 0 Å². The lowest BCUT2D eigenvalue weighted by molar-refractivity contribution is 0.00708. The van der Waals surface area contributed by atoms with E-state index in [1.54, 1.807) is 51.1 Å². The second-order valence-corrected chi connectivity index (χ2v) is 10.2. The van der Waals surface area contributed by atoms with Crippen molar-refractivity contribution < 1.29 is 23.8 Å². The Morgan fingerprint density at radius 2 is 1.46 bits per heavy atom. The third kappa shape index (κ3) is 7.71. The fourth-order valence-electron chi connectivity index (χ4n) is 3.86. The average Bonchev–Trinajstić information content (AvgIpc) is 2.92. The smallest absolute Gasteiger partial charge is 0.340 e. The predicted octanol–water partition coefficient (Wildman–Crippen LogP) is 7.87. The first-order valence-corrected chi connectivity index (χ1v) is 13.6. The topological polar surface area (TPSA) is 73.9 Å². The van der Waals surface area contributed by atoms with Crippen molar-refractivity contribution in [2.45, 2.75) is 33.0 Å². The second-order valence-electron chi connectivity index (χ2n) is 9.77. The van der Waals surface area contributed by atoms with Crippen molar-refractivity contribution in [2.24, 2.45) is 0 Å². The van der Waals surface area contributed by atoms with Crippen LogP contribution in [-0.2, 0) is 11.3 Å². The summed E-state index contributed by atoms with van der Waals surface area (Å²) in [6.07, 6.45) is 0. The molecule has 0 aliphatic rings. The minimum atomic E-state index is -0.698. The van der Waals surface area contributed by atoms with E-state index >= 15 is 0 Å². The minimum Gasteiger partial charge on any atom is -0.488 e. The van der Waals surface area contributed by atoms with Crippen LogP contribution < -0.4 is 14.8 Å². The van der Waals surface area contributed by atoms with Crippen LogP contribution in [0.25, 0.3) is 11.1 Å². The van der Waals surface area contributed by atoms with E-state index in [0.29, 0.717) is 17.2 Å². The number of ether oxygens (including phenoxy) is 3. The molecule has 0 heterocycles. The second kappa shape index (κ2) is 12.6. The SMILES string of the molecule is CC(C)(C)OC(=O)c1ccc(-c2ccccc2)cc1NC(=O)c1cc(OCBr)ccc1OCc1ccccc1. The van der Waals surface area contributed by atoms with E-state index in [-0.39, 0.29) is 23.2 Å². The highest BCUT2D eigenvalue weighted by molar-refractivity contribution is 9.09. The number of halogens is 1. The number of anilines is 1. The van der Waals surface area contributed by atoms with E-state index < -0.39 is 17.5 Å². The Morgan fingerprint density at radius 3 is 2.13 bits per heavy atom. The lowest BCUT2D eigenvalue weighted by atomic mass is 10.0. The van der Waals surface area contributed by atoms with E-state index in [1.807, 2.05) is 66.7 Å². The van der Waals surface area contributed by atoms with E-state index in [9.17, 15) is 9.59 Å². The van der Waals surface area contributed by atoms with Crippen LogP contribution in [0.1, 0.15) is 47.1 Å². The zero-order valence-corrected chi connectivity index (χ0v) is 23.7. The van der Waals surface area contributed by atoms with Gasteiger partial charge in [0.25, 0.3) is 5.91 Å². The van der Waals surface area contributed by atoms with Crippen molar-refractivity contribution in [1.82, 2.24) is 0 Å². The highest BCUT2D eigenvalue weighted by Crippen LogP contribution is 2.30. The summed E-state index contributed by atoms with van der Waals surface area (Å²) in [5.41, 5.74) is 3.17. The van der Waals surface area contributed by atoms with Crippen LogP contribution in [0.15, 0.2) is 97.1 Å². The van der Waals surface area contributed by atoms with Gasteiger partial charge in [-0.05, 0) is 83.7 Å². The molecule has 1 amide bonds. The van der Waals surface area contributed by atoms with Crippen molar-refractivity contribution in [3.8, 4) is 22.6 Å². The molecule has 0 saturated heterocycles. The Bertz CT molecular complexity index is 1430. The molecule has 39 heavy (non-hydrogen) atoms. The maximum Gasteiger partial charge on any atom is 0.340 e. The van der Waals surface area contributed by atoms with Gasteiger partial charge in [-0.1, -0.05) is 66.7 Å². The molecule has 4 aromatic carbocycles. The molecule has 0 aliphatic carbocycles. The molecular formula is C32H30BrNO5. The van der Waals surface area contributed by atoms with Crippen LogP contribution in [0.5, 0.6) is 11.5 Å². The summed E-state index contributed by atoms with van der Waals surface area (Å²) >= 11 is 3.26. The molecular weight excluding hydrogens is 558 g/mol. The molecule has 200 valence electrons.